The second-order valence-corrected chi connectivity index (χ2v) is 7.06. The third-order valence-corrected chi connectivity index (χ3v) is 5.20. The fourth-order valence-electron chi connectivity index (χ4n) is 2.24. The highest BCUT2D eigenvalue weighted by Gasteiger charge is 2.32. The normalized spacial score (nSPS) is 11.4. The minimum absolute atomic E-state index is 0.248. The number of halogens is 4. The van der Waals surface area contributed by atoms with E-state index in [9.17, 15) is 13.2 Å². The minimum atomic E-state index is -4.47. The van der Waals surface area contributed by atoms with Crippen LogP contribution in [-0.2, 0) is 12.8 Å². The Labute approximate surface area is 162 Å². The van der Waals surface area contributed by atoms with Crippen LogP contribution in [0.15, 0.2) is 36.5 Å². The van der Waals surface area contributed by atoms with Gasteiger partial charge in [0.2, 0.25) is 0 Å². The van der Waals surface area contributed by atoms with E-state index in [4.69, 9.17) is 21.7 Å². The number of benzene rings is 1. The summed E-state index contributed by atoms with van der Waals surface area (Å²) in [5.74, 6) is 0.552. The number of aromatic nitrogens is 2. The summed E-state index contributed by atoms with van der Waals surface area (Å²) in [6.07, 6.45) is -2.14. The summed E-state index contributed by atoms with van der Waals surface area (Å²) in [5.41, 5.74) is 0.904. The second-order valence-electron chi connectivity index (χ2n) is 5.57. The van der Waals surface area contributed by atoms with Gasteiger partial charge in [-0.25, -0.2) is 4.98 Å². The van der Waals surface area contributed by atoms with Gasteiger partial charge in [-0.1, -0.05) is 11.6 Å². The van der Waals surface area contributed by atoms with Crippen molar-refractivity contribution < 1.29 is 17.9 Å². The van der Waals surface area contributed by atoms with Gasteiger partial charge in [-0.15, -0.1) is 11.3 Å². The lowest BCUT2D eigenvalue weighted by atomic mass is 10.2. The third kappa shape index (κ3) is 4.45. The Morgan fingerprint density at radius 2 is 2.04 bits per heavy atom. The molecule has 140 valence electrons. The van der Waals surface area contributed by atoms with Gasteiger partial charge in [-0.05, 0) is 37.3 Å². The van der Waals surface area contributed by atoms with E-state index in [0.717, 1.165) is 22.9 Å². The van der Waals surface area contributed by atoms with E-state index in [1.807, 2.05) is 0 Å². The van der Waals surface area contributed by atoms with Crippen molar-refractivity contribution in [1.29, 1.82) is 5.41 Å². The first-order valence-corrected chi connectivity index (χ1v) is 8.90. The summed E-state index contributed by atoms with van der Waals surface area (Å²) >= 11 is 7.37. The number of hydrogen-bond acceptors (Lipinski definition) is 5. The summed E-state index contributed by atoms with van der Waals surface area (Å²) in [4.78, 5) is 8.70. The first-order valence-electron chi connectivity index (χ1n) is 7.70. The number of ether oxygens (including phenoxy) is 1. The van der Waals surface area contributed by atoms with Crippen molar-refractivity contribution in [3.63, 3.8) is 0 Å². The monoisotopic (exact) mass is 411 g/mol. The van der Waals surface area contributed by atoms with Gasteiger partial charge in [0.15, 0.2) is 0 Å². The molecule has 0 unspecified atom stereocenters. The Bertz CT molecular complexity index is 971. The van der Waals surface area contributed by atoms with E-state index in [-0.39, 0.29) is 6.61 Å². The molecule has 3 rings (SSSR count). The zero-order valence-corrected chi connectivity index (χ0v) is 15.5. The molecule has 0 saturated heterocycles. The van der Waals surface area contributed by atoms with Gasteiger partial charge in [0, 0.05) is 23.5 Å². The average Bonchev–Trinajstić information content (AvgIpc) is 3.00. The van der Waals surface area contributed by atoms with Crippen LogP contribution in [0.1, 0.15) is 21.8 Å². The number of alkyl halides is 3. The van der Waals surface area contributed by atoms with Gasteiger partial charge in [0.25, 0.3) is 0 Å². The average molecular weight is 412 g/mol. The van der Waals surface area contributed by atoms with Crippen molar-refractivity contribution >= 4 is 29.2 Å². The molecule has 0 atom stereocenters. The van der Waals surface area contributed by atoms with Crippen LogP contribution in [0, 0.1) is 12.3 Å². The number of rotatable bonds is 5. The lowest BCUT2D eigenvalue weighted by molar-refractivity contribution is -0.141. The molecule has 1 N–H and O–H groups in total. The summed E-state index contributed by atoms with van der Waals surface area (Å²) < 4.78 is 43.6. The quantitative estimate of drug-likeness (QED) is 0.543. The molecule has 0 aliphatic carbocycles. The van der Waals surface area contributed by atoms with Crippen LogP contribution in [0.2, 0.25) is 5.02 Å². The van der Waals surface area contributed by atoms with E-state index in [1.165, 1.54) is 23.6 Å². The molecule has 0 aliphatic heterocycles. The predicted octanol–water partition coefficient (Wildman–Crippen LogP) is 5.76. The number of nitrogens with one attached hydrogen (secondary N) is 1. The molecule has 27 heavy (non-hydrogen) atoms. The van der Waals surface area contributed by atoms with Crippen LogP contribution in [0.25, 0.3) is 10.6 Å². The molecule has 0 amide bonds. The number of aryl methyl sites for hydroxylation is 1. The van der Waals surface area contributed by atoms with Crippen LogP contribution in [0.4, 0.5) is 13.2 Å². The van der Waals surface area contributed by atoms with E-state index in [2.05, 4.69) is 9.97 Å². The Balaban J connectivity index is 1.74. The fourth-order valence-corrected chi connectivity index (χ4v) is 3.43. The van der Waals surface area contributed by atoms with Gasteiger partial charge in [0.05, 0.1) is 15.6 Å². The standard InChI is InChI=1S/C18H13ClF3N3OS/c1-10-15(9-26-13-4-2-11(7-23)14(19)6-13)27-17(25-10)12-3-5-16(24-8-12)18(20,21)22/h2-8,23H,9H2,1H3. The van der Waals surface area contributed by atoms with E-state index in [0.29, 0.717) is 26.9 Å². The molecule has 0 radical (unpaired) electrons. The Morgan fingerprint density at radius 3 is 2.63 bits per heavy atom. The summed E-state index contributed by atoms with van der Waals surface area (Å²) in [6, 6.07) is 7.31. The largest absolute Gasteiger partial charge is 0.488 e. The van der Waals surface area contributed by atoms with Crippen molar-refractivity contribution in [3.8, 4) is 16.3 Å². The van der Waals surface area contributed by atoms with Crippen molar-refractivity contribution in [2.75, 3.05) is 0 Å². The molecule has 9 heteroatoms. The molecule has 1 aromatic carbocycles. The SMILES string of the molecule is Cc1nc(-c2ccc(C(F)(F)F)nc2)sc1COc1ccc(C=N)c(Cl)c1. The maximum atomic E-state index is 12.6. The van der Waals surface area contributed by atoms with Crippen molar-refractivity contribution in [1.82, 2.24) is 9.97 Å². The molecule has 0 fully saturated rings. The molecule has 2 aromatic heterocycles. The lowest BCUT2D eigenvalue weighted by Gasteiger charge is -2.06. The predicted molar refractivity (Wildman–Crippen MR) is 98.8 cm³/mol. The maximum absolute atomic E-state index is 12.6. The van der Waals surface area contributed by atoms with E-state index in [1.54, 1.807) is 25.1 Å². The van der Waals surface area contributed by atoms with E-state index >= 15 is 0 Å². The molecular weight excluding hydrogens is 399 g/mol. The van der Waals surface area contributed by atoms with Gasteiger partial charge >= 0.3 is 6.18 Å². The first-order chi connectivity index (χ1) is 12.8. The van der Waals surface area contributed by atoms with Crippen LogP contribution < -0.4 is 4.74 Å². The van der Waals surface area contributed by atoms with Crippen molar-refractivity contribution in [3.05, 3.63) is 63.4 Å². The molecule has 0 saturated carbocycles. The van der Waals surface area contributed by atoms with Crippen LogP contribution in [0.3, 0.4) is 0 Å². The highest BCUT2D eigenvalue weighted by atomic mass is 35.5. The molecule has 3 aromatic rings. The minimum Gasteiger partial charge on any atom is -0.488 e. The first kappa shape index (κ1) is 19.3. The second kappa shape index (κ2) is 7.66. The molecule has 4 nitrogen and oxygen atoms in total. The van der Waals surface area contributed by atoms with Gasteiger partial charge in [-0.2, -0.15) is 13.2 Å². The maximum Gasteiger partial charge on any atom is 0.433 e. The summed E-state index contributed by atoms with van der Waals surface area (Å²) in [5, 5.41) is 8.22. The number of thiazole rings is 1. The Kier molecular flexibility index (Phi) is 5.48. The fraction of sp³-hybridized carbons (Fsp3) is 0.167. The molecule has 0 aliphatic rings. The molecule has 0 spiro atoms. The smallest absolute Gasteiger partial charge is 0.433 e. The third-order valence-electron chi connectivity index (χ3n) is 3.69. The summed E-state index contributed by atoms with van der Waals surface area (Å²) in [7, 11) is 0. The molecule has 0 bridgehead atoms. The van der Waals surface area contributed by atoms with Gasteiger partial charge < -0.3 is 10.1 Å². The van der Waals surface area contributed by atoms with Crippen LogP contribution in [0.5, 0.6) is 5.75 Å². The zero-order chi connectivity index (χ0) is 19.6. The van der Waals surface area contributed by atoms with Gasteiger partial charge in [-0.3, -0.25) is 4.98 Å². The van der Waals surface area contributed by atoms with Gasteiger partial charge in [0.1, 0.15) is 23.1 Å². The van der Waals surface area contributed by atoms with Crippen molar-refractivity contribution in [2.24, 2.45) is 0 Å². The van der Waals surface area contributed by atoms with E-state index < -0.39 is 11.9 Å². The molecular formula is C18H13ClF3N3OS. The number of hydrogen-bond donors (Lipinski definition) is 1. The Hall–Kier alpha value is -2.45. The lowest BCUT2D eigenvalue weighted by Crippen LogP contribution is -2.07. The Morgan fingerprint density at radius 1 is 1.26 bits per heavy atom. The molecule has 2 heterocycles. The highest BCUT2D eigenvalue weighted by Crippen LogP contribution is 2.32. The summed E-state index contributed by atoms with van der Waals surface area (Å²) in [6.45, 7) is 2.05. The van der Waals surface area contributed by atoms with Crippen LogP contribution in [-0.4, -0.2) is 16.2 Å². The number of pyridine rings is 1. The highest BCUT2D eigenvalue weighted by molar-refractivity contribution is 7.15. The van der Waals surface area contributed by atoms with Crippen LogP contribution >= 0.6 is 22.9 Å². The zero-order valence-electron chi connectivity index (χ0n) is 14.0. The van der Waals surface area contributed by atoms with Crippen molar-refractivity contribution in [2.45, 2.75) is 19.7 Å². The number of nitrogens with zero attached hydrogens (tertiary/aromatic N) is 2. The topological polar surface area (TPSA) is 58.9 Å².